The van der Waals surface area contributed by atoms with Crippen LogP contribution in [-0.2, 0) is 6.42 Å². The molecular formula is C22H23ClN2O2. The summed E-state index contributed by atoms with van der Waals surface area (Å²) < 4.78 is 5.52. The molecule has 1 aromatic heterocycles. The molecule has 0 radical (unpaired) electrons. The highest BCUT2D eigenvalue weighted by molar-refractivity contribution is 6.31. The molecule has 27 heavy (non-hydrogen) atoms. The number of rotatable bonds is 6. The number of methoxy groups -OCH3 is 1. The van der Waals surface area contributed by atoms with Crippen molar-refractivity contribution >= 4 is 17.4 Å². The molecule has 1 aliphatic rings. The Bertz CT molecular complexity index is 940. The molecule has 0 saturated heterocycles. The highest BCUT2D eigenvalue weighted by Gasteiger charge is 2.30. The fourth-order valence-corrected chi connectivity index (χ4v) is 3.71. The minimum absolute atomic E-state index is 0.0691. The standard InChI is InChI=1S/C22H23ClN2O2/c1-12(2)19-20(21(26)16-7-15(11-24)8-17(23)10-16)18(9-14-5-6-14)13(3)25-22(19)27-4/h7-8,10,12,14H,5-6,9H2,1-4H3. The molecule has 0 unspecified atom stereocenters. The topological polar surface area (TPSA) is 63.0 Å². The monoisotopic (exact) mass is 382 g/mol. The van der Waals surface area contributed by atoms with Gasteiger partial charge in [-0.1, -0.05) is 25.4 Å². The normalized spacial score (nSPS) is 13.5. The molecule has 1 heterocycles. The average Bonchev–Trinajstić information content (AvgIpc) is 3.45. The van der Waals surface area contributed by atoms with Crippen LogP contribution in [0.1, 0.15) is 70.9 Å². The van der Waals surface area contributed by atoms with Crippen molar-refractivity contribution in [2.24, 2.45) is 5.92 Å². The van der Waals surface area contributed by atoms with Gasteiger partial charge in [0.05, 0.1) is 18.7 Å². The third-order valence-corrected chi connectivity index (χ3v) is 5.20. The third-order valence-electron chi connectivity index (χ3n) is 4.98. The Morgan fingerprint density at radius 2 is 2.07 bits per heavy atom. The van der Waals surface area contributed by atoms with Gasteiger partial charge in [-0.3, -0.25) is 4.79 Å². The number of aromatic nitrogens is 1. The number of pyridine rings is 1. The molecule has 1 saturated carbocycles. The number of hydrogen-bond donors (Lipinski definition) is 0. The van der Waals surface area contributed by atoms with Crippen molar-refractivity contribution in [1.29, 1.82) is 5.26 Å². The Hall–Kier alpha value is -2.38. The molecule has 3 rings (SSSR count). The van der Waals surface area contributed by atoms with Gasteiger partial charge in [-0.15, -0.1) is 0 Å². The van der Waals surface area contributed by atoms with E-state index in [1.165, 1.54) is 12.8 Å². The second kappa shape index (κ2) is 7.70. The zero-order chi connectivity index (χ0) is 19.7. The summed E-state index contributed by atoms with van der Waals surface area (Å²) in [5, 5.41) is 9.62. The van der Waals surface area contributed by atoms with Crippen LogP contribution in [-0.4, -0.2) is 17.9 Å². The number of benzene rings is 1. The summed E-state index contributed by atoms with van der Waals surface area (Å²) in [6.45, 7) is 6.00. The summed E-state index contributed by atoms with van der Waals surface area (Å²) in [4.78, 5) is 18.2. The molecule has 4 nitrogen and oxygen atoms in total. The maximum atomic E-state index is 13.6. The number of nitriles is 1. The van der Waals surface area contributed by atoms with Crippen LogP contribution in [0.15, 0.2) is 18.2 Å². The zero-order valence-electron chi connectivity index (χ0n) is 16.1. The molecule has 1 aliphatic carbocycles. The summed E-state index contributed by atoms with van der Waals surface area (Å²) in [6.07, 6.45) is 3.22. The Morgan fingerprint density at radius 3 is 2.63 bits per heavy atom. The zero-order valence-corrected chi connectivity index (χ0v) is 16.9. The van der Waals surface area contributed by atoms with Crippen molar-refractivity contribution in [3.05, 3.63) is 56.7 Å². The maximum Gasteiger partial charge on any atom is 0.217 e. The number of ketones is 1. The SMILES string of the molecule is COc1nc(C)c(CC2CC2)c(C(=O)c2cc(Cl)cc(C#N)c2)c1C(C)C. The van der Waals surface area contributed by atoms with Crippen LogP contribution in [0.25, 0.3) is 0 Å². The van der Waals surface area contributed by atoms with Crippen LogP contribution in [0.4, 0.5) is 0 Å². The number of carbonyl (C=O) groups is 1. The molecule has 1 fully saturated rings. The molecule has 0 atom stereocenters. The average molecular weight is 383 g/mol. The van der Waals surface area contributed by atoms with Gasteiger partial charge < -0.3 is 4.74 Å². The van der Waals surface area contributed by atoms with Crippen LogP contribution >= 0.6 is 11.6 Å². The molecule has 0 bridgehead atoms. The van der Waals surface area contributed by atoms with Gasteiger partial charge in [-0.2, -0.15) is 5.26 Å². The lowest BCUT2D eigenvalue weighted by atomic mass is 9.86. The van der Waals surface area contributed by atoms with E-state index in [1.54, 1.807) is 25.3 Å². The van der Waals surface area contributed by atoms with Gasteiger partial charge in [-0.25, -0.2) is 4.98 Å². The van der Waals surface area contributed by atoms with Crippen molar-refractivity contribution in [1.82, 2.24) is 4.98 Å². The van der Waals surface area contributed by atoms with E-state index in [4.69, 9.17) is 16.3 Å². The van der Waals surface area contributed by atoms with E-state index in [1.807, 2.05) is 20.8 Å². The van der Waals surface area contributed by atoms with Crippen molar-refractivity contribution in [2.75, 3.05) is 7.11 Å². The Morgan fingerprint density at radius 1 is 1.37 bits per heavy atom. The van der Waals surface area contributed by atoms with Gasteiger partial charge in [0.15, 0.2) is 5.78 Å². The van der Waals surface area contributed by atoms with Crippen molar-refractivity contribution in [3.8, 4) is 11.9 Å². The van der Waals surface area contributed by atoms with E-state index < -0.39 is 0 Å². The Kier molecular flexibility index (Phi) is 5.53. The first-order valence-electron chi connectivity index (χ1n) is 9.18. The van der Waals surface area contributed by atoms with Gasteiger partial charge in [0.2, 0.25) is 5.88 Å². The summed E-state index contributed by atoms with van der Waals surface area (Å²) in [5.74, 6) is 1.05. The fourth-order valence-electron chi connectivity index (χ4n) is 3.47. The van der Waals surface area contributed by atoms with E-state index in [0.29, 0.717) is 33.5 Å². The van der Waals surface area contributed by atoms with Gasteiger partial charge >= 0.3 is 0 Å². The fraction of sp³-hybridized carbons (Fsp3) is 0.409. The first-order chi connectivity index (χ1) is 12.8. The highest BCUT2D eigenvalue weighted by Crippen LogP contribution is 2.39. The minimum Gasteiger partial charge on any atom is -0.481 e. The predicted octanol–water partition coefficient (Wildman–Crippen LogP) is 5.23. The lowest BCUT2D eigenvalue weighted by Gasteiger charge is -2.21. The number of halogens is 1. The molecule has 0 spiro atoms. The molecular weight excluding hydrogens is 360 g/mol. The van der Waals surface area contributed by atoms with E-state index in [2.05, 4.69) is 11.1 Å². The lowest BCUT2D eigenvalue weighted by Crippen LogP contribution is -2.16. The Labute approximate surface area is 165 Å². The van der Waals surface area contributed by atoms with Crippen molar-refractivity contribution in [3.63, 3.8) is 0 Å². The van der Waals surface area contributed by atoms with Crippen LogP contribution < -0.4 is 4.74 Å². The molecule has 0 N–H and O–H groups in total. The van der Waals surface area contributed by atoms with Gasteiger partial charge in [0.25, 0.3) is 0 Å². The molecule has 140 valence electrons. The van der Waals surface area contributed by atoms with Crippen LogP contribution in [0.3, 0.4) is 0 Å². The number of ether oxygens (including phenoxy) is 1. The maximum absolute atomic E-state index is 13.6. The number of hydrogen-bond acceptors (Lipinski definition) is 4. The predicted molar refractivity (Wildman–Crippen MR) is 106 cm³/mol. The highest BCUT2D eigenvalue weighted by atomic mass is 35.5. The van der Waals surface area contributed by atoms with E-state index >= 15 is 0 Å². The largest absolute Gasteiger partial charge is 0.481 e. The summed E-state index contributed by atoms with van der Waals surface area (Å²) in [5.41, 5.74) is 4.10. The molecule has 0 amide bonds. The van der Waals surface area contributed by atoms with Gasteiger partial charge in [0, 0.05) is 27.4 Å². The summed E-state index contributed by atoms with van der Waals surface area (Å²) in [7, 11) is 1.58. The quantitative estimate of drug-likeness (QED) is 0.641. The van der Waals surface area contributed by atoms with Gasteiger partial charge in [0.1, 0.15) is 0 Å². The van der Waals surface area contributed by atoms with E-state index in [0.717, 1.165) is 23.2 Å². The molecule has 5 heteroatoms. The minimum atomic E-state index is -0.128. The first-order valence-corrected chi connectivity index (χ1v) is 9.56. The second-order valence-corrected chi connectivity index (χ2v) is 7.88. The van der Waals surface area contributed by atoms with E-state index in [-0.39, 0.29) is 11.7 Å². The Balaban J connectivity index is 2.25. The van der Waals surface area contributed by atoms with E-state index in [9.17, 15) is 10.1 Å². The molecule has 0 aliphatic heterocycles. The molecule has 2 aromatic rings. The van der Waals surface area contributed by atoms with Crippen LogP contribution in [0, 0.1) is 24.2 Å². The first kappa shape index (κ1) is 19.4. The number of aryl methyl sites for hydroxylation is 1. The summed E-state index contributed by atoms with van der Waals surface area (Å²) >= 11 is 6.15. The molecule has 1 aromatic carbocycles. The number of nitrogens with zero attached hydrogens (tertiary/aromatic N) is 2. The van der Waals surface area contributed by atoms with Crippen LogP contribution in [0.2, 0.25) is 5.02 Å². The smallest absolute Gasteiger partial charge is 0.217 e. The van der Waals surface area contributed by atoms with Crippen molar-refractivity contribution < 1.29 is 9.53 Å². The van der Waals surface area contributed by atoms with Crippen molar-refractivity contribution in [2.45, 2.75) is 46.0 Å². The summed E-state index contributed by atoms with van der Waals surface area (Å²) in [6, 6.07) is 6.85. The number of carbonyl (C=O) groups excluding carboxylic acids is 1. The lowest BCUT2D eigenvalue weighted by molar-refractivity contribution is 0.103. The van der Waals surface area contributed by atoms with Gasteiger partial charge in [-0.05, 0) is 61.8 Å². The third kappa shape index (κ3) is 3.99. The van der Waals surface area contributed by atoms with Crippen LogP contribution in [0.5, 0.6) is 5.88 Å². The second-order valence-electron chi connectivity index (χ2n) is 7.45.